The van der Waals surface area contributed by atoms with E-state index in [1.807, 2.05) is 0 Å². The summed E-state index contributed by atoms with van der Waals surface area (Å²) >= 11 is 0. The van der Waals surface area contributed by atoms with Crippen LogP contribution in [-0.4, -0.2) is 73.0 Å². The third kappa shape index (κ3) is 31.4. The Kier molecular flexibility index (Phi) is 32.8. The van der Waals surface area contributed by atoms with E-state index in [1.54, 1.807) is 0 Å². The van der Waals surface area contributed by atoms with Crippen LogP contribution in [0.3, 0.4) is 0 Å². The standard InChI is InChI=1S/2C4H11NO2.Co/c2*6-3-1-5-2-4-7;/h2*5-7H,1-4H2;. The van der Waals surface area contributed by atoms with Gasteiger partial charge in [-0.1, -0.05) is 0 Å². The van der Waals surface area contributed by atoms with Crippen molar-refractivity contribution in [1.82, 2.24) is 10.6 Å². The van der Waals surface area contributed by atoms with Crippen LogP contribution in [-0.2, 0) is 16.8 Å². The molecule has 0 rings (SSSR count). The van der Waals surface area contributed by atoms with Gasteiger partial charge in [0.25, 0.3) is 0 Å². The zero-order chi connectivity index (χ0) is 11.1. The number of aliphatic hydroxyl groups excluding tert-OH is 4. The van der Waals surface area contributed by atoms with Gasteiger partial charge >= 0.3 is 0 Å². The molecule has 0 aliphatic heterocycles. The summed E-state index contributed by atoms with van der Waals surface area (Å²) in [6.45, 7) is 2.84. The number of nitrogens with one attached hydrogen (secondary N) is 2. The molecule has 6 N–H and O–H groups in total. The van der Waals surface area contributed by atoms with Crippen molar-refractivity contribution in [1.29, 1.82) is 0 Å². The first kappa shape index (κ1) is 20.7. The van der Waals surface area contributed by atoms with Crippen molar-refractivity contribution in [3.8, 4) is 0 Å². The Morgan fingerprint density at radius 3 is 0.867 bits per heavy atom. The number of aliphatic hydroxyl groups is 4. The Balaban J connectivity index is -0.000000180. The fraction of sp³-hybridized carbons (Fsp3) is 1.00. The van der Waals surface area contributed by atoms with Crippen LogP contribution in [0.25, 0.3) is 0 Å². The topological polar surface area (TPSA) is 105 Å². The Morgan fingerprint density at radius 1 is 0.533 bits per heavy atom. The zero-order valence-corrected chi connectivity index (χ0v) is 9.82. The molecule has 0 aromatic carbocycles. The minimum Gasteiger partial charge on any atom is -0.395 e. The second-order valence-corrected chi connectivity index (χ2v) is 2.39. The van der Waals surface area contributed by atoms with Gasteiger partial charge in [-0.15, -0.1) is 0 Å². The summed E-state index contributed by atoms with van der Waals surface area (Å²) < 4.78 is 0. The maximum atomic E-state index is 8.15. The molecule has 0 bridgehead atoms. The van der Waals surface area contributed by atoms with Gasteiger partial charge in [0.2, 0.25) is 0 Å². The number of hydrogen-bond acceptors (Lipinski definition) is 6. The first-order valence-electron chi connectivity index (χ1n) is 4.68. The molecular weight excluding hydrogens is 247 g/mol. The molecule has 0 fully saturated rings. The van der Waals surface area contributed by atoms with Gasteiger partial charge in [-0.2, -0.15) is 0 Å². The molecule has 15 heavy (non-hydrogen) atoms. The average molecular weight is 269 g/mol. The Labute approximate surface area is 101 Å². The van der Waals surface area contributed by atoms with E-state index in [2.05, 4.69) is 10.6 Å². The van der Waals surface area contributed by atoms with Gasteiger partial charge in [-0.05, 0) is 0 Å². The third-order valence-corrected chi connectivity index (χ3v) is 1.15. The summed E-state index contributed by atoms with van der Waals surface area (Å²) in [6.07, 6.45) is 0. The fourth-order valence-electron chi connectivity index (χ4n) is 0.566. The van der Waals surface area contributed by atoms with E-state index in [9.17, 15) is 0 Å². The van der Waals surface area contributed by atoms with Crippen LogP contribution in [0.1, 0.15) is 0 Å². The van der Waals surface area contributed by atoms with Crippen molar-refractivity contribution in [2.45, 2.75) is 0 Å². The van der Waals surface area contributed by atoms with E-state index >= 15 is 0 Å². The minimum atomic E-state index is 0. The minimum absolute atomic E-state index is 0. The summed E-state index contributed by atoms with van der Waals surface area (Å²) in [6, 6.07) is 0. The fourth-order valence-corrected chi connectivity index (χ4v) is 0.566. The second kappa shape index (κ2) is 23.8. The monoisotopic (exact) mass is 269 g/mol. The maximum absolute atomic E-state index is 8.15. The second-order valence-electron chi connectivity index (χ2n) is 2.39. The molecule has 0 atom stereocenters. The molecule has 0 spiro atoms. The largest absolute Gasteiger partial charge is 0.395 e. The van der Waals surface area contributed by atoms with Crippen molar-refractivity contribution in [2.24, 2.45) is 0 Å². The summed E-state index contributed by atoms with van der Waals surface area (Å²) in [5.74, 6) is 0. The normalized spacial score (nSPS) is 8.80. The summed E-state index contributed by atoms with van der Waals surface area (Å²) in [5.41, 5.74) is 0. The molecule has 0 saturated carbocycles. The molecule has 1 radical (unpaired) electrons. The van der Waals surface area contributed by atoms with Crippen LogP contribution in [0.15, 0.2) is 0 Å². The number of hydrogen-bond donors (Lipinski definition) is 6. The first-order valence-corrected chi connectivity index (χ1v) is 4.68. The van der Waals surface area contributed by atoms with Gasteiger partial charge < -0.3 is 31.1 Å². The van der Waals surface area contributed by atoms with Gasteiger partial charge in [0.05, 0.1) is 26.4 Å². The Bertz CT molecular complexity index is 73.0. The smallest absolute Gasteiger partial charge is 0.0555 e. The molecule has 0 heterocycles. The van der Waals surface area contributed by atoms with E-state index in [0.29, 0.717) is 26.2 Å². The van der Waals surface area contributed by atoms with Gasteiger partial charge in [0, 0.05) is 43.0 Å². The average Bonchev–Trinajstić information content (AvgIpc) is 2.21. The molecule has 0 aliphatic carbocycles. The Hall–Kier alpha value is 0.266. The Morgan fingerprint density at radius 2 is 0.733 bits per heavy atom. The van der Waals surface area contributed by atoms with Crippen LogP contribution in [0.2, 0.25) is 0 Å². The van der Waals surface area contributed by atoms with Gasteiger partial charge in [-0.3, -0.25) is 0 Å². The van der Waals surface area contributed by atoms with Crippen molar-refractivity contribution in [3.05, 3.63) is 0 Å². The quantitative estimate of drug-likeness (QED) is 0.264. The van der Waals surface area contributed by atoms with Crippen molar-refractivity contribution >= 4 is 0 Å². The van der Waals surface area contributed by atoms with E-state index in [0.717, 1.165) is 0 Å². The van der Waals surface area contributed by atoms with E-state index in [-0.39, 0.29) is 43.2 Å². The third-order valence-electron chi connectivity index (χ3n) is 1.15. The van der Waals surface area contributed by atoms with Crippen molar-refractivity contribution in [3.63, 3.8) is 0 Å². The van der Waals surface area contributed by atoms with Crippen molar-refractivity contribution < 1.29 is 37.2 Å². The van der Waals surface area contributed by atoms with Gasteiger partial charge in [0.1, 0.15) is 0 Å². The first-order chi connectivity index (χ1) is 6.83. The van der Waals surface area contributed by atoms with Gasteiger partial charge in [-0.25, -0.2) is 0 Å². The van der Waals surface area contributed by atoms with Crippen LogP contribution >= 0.6 is 0 Å². The molecule has 0 amide bonds. The molecule has 0 unspecified atom stereocenters. The number of rotatable bonds is 8. The summed E-state index contributed by atoms with van der Waals surface area (Å²) in [7, 11) is 0. The molecule has 97 valence electrons. The van der Waals surface area contributed by atoms with Crippen LogP contribution < -0.4 is 10.6 Å². The maximum Gasteiger partial charge on any atom is 0.0555 e. The molecular formula is C8H22CoN2O4. The molecule has 7 heteroatoms. The molecule has 0 saturated heterocycles. The summed E-state index contributed by atoms with van der Waals surface area (Å²) in [5, 5.41) is 38.2. The predicted molar refractivity (Wildman–Crippen MR) is 54.1 cm³/mol. The molecule has 0 aromatic rings. The molecule has 0 aromatic heterocycles. The predicted octanol–water partition coefficient (Wildman–Crippen LogP) is -2.88. The van der Waals surface area contributed by atoms with Gasteiger partial charge in [0.15, 0.2) is 0 Å². The SMILES string of the molecule is OCCNCCO.OCCNCCO.[Co]. The van der Waals surface area contributed by atoms with E-state index in [1.165, 1.54) is 0 Å². The van der Waals surface area contributed by atoms with Crippen LogP contribution in [0.5, 0.6) is 0 Å². The van der Waals surface area contributed by atoms with E-state index in [4.69, 9.17) is 20.4 Å². The summed E-state index contributed by atoms with van der Waals surface area (Å²) in [4.78, 5) is 0. The molecule has 6 nitrogen and oxygen atoms in total. The van der Waals surface area contributed by atoms with Crippen LogP contribution in [0, 0.1) is 0 Å². The van der Waals surface area contributed by atoms with E-state index < -0.39 is 0 Å². The van der Waals surface area contributed by atoms with Crippen molar-refractivity contribution in [2.75, 3.05) is 52.6 Å². The zero-order valence-electron chi connectivity index (χ0n) is 8.78. The molecule has 0 aliphatic rings. The van der Waals surface area contributed by atoms with Crippen LogP contribution in [0.4, 0.5) is 0 Å².